The summed E-state index contributed by atoms with van der Waals surface area (Å²) in [4.78, 5) is 0. The lowest BCUT2D eigenvalue weighted by Gasteiger charge is -2.35. The van der Waals surface area contributed by atoms with Crippen molar-refractivity contribution in [3.8, 4) is 0 Å². The molecule has 0 spiro atoms. The van der Waals surface area contributed by atoms with E-state index in [-0.39, 0.29) is 0 Å². The van der Waals surface area contributed by atoms with Crippen LogP contribution in [0.5, 0.6) is 0 Å². The third-order valence-electron chi connectivity index (χ3n) is 5.91. The van der Waals surface area contributed by atoms with Crippen molar-refractivity contribution in [3.63, 3.8) is 0 Å². The van der Waals surface area contributed by atoms with Crippen LogP contribution in [0.4, 0.5) is 0 Å². The molecule has 1 N–H and O–H groups in total. The van der Waals surface area contributed by atoms with E-state index >= 15 is 0 Å². The largest absolute Gasteiger partial charge is 0.314 e. The molecular formula is C18H39NSi2. The molecule has 1 atom stereocenters. The summed E-state index contributed by atoms with van der Waals surface area (Å²) in [6.07, 6.45) is 7.17. The van der Waals surface area contributed by atoms with E-state index in [9.17, 15) is 0 Å². The molecule has 0 aromatic heterocycles. The molecule has 1 saturated carbocycles. The molecule has 0 radical (unpaired) electrons. The minimum atomic E-state index is -0.956. The SMILES string of the molecule is CC[Si](CC)(CC)[SiH](C=C(C)C)CCCNC1CCCC1. The number of hydrogen-bond donors (Lipinski definition) is 1. The molecule has 0 amide bonds. The van der Waals surface area contributed by atoms with Crippen molar-refractivity contribution in [2.45, 2.75) is 96.9 Å². The van der Waals surface area contributed by atoms with Gasteiger partial charge in [-0.3, -0.25) is 0 Å². The van der Waals surface area contributed by atoms with Crippen LogP contribution in [0.1, 0.15) is 66.7 Å². The molecule has 124 valence electrons. The van der Waals surface area contributed by atoms with Crippen molar-refractivity contribution >= 4 is 15.9 Å². The van der Waals surface area contributed by atoms with Crippen molar-refractivity contribution in [1.82, 2.24) is 5.32 Å². The maximum Gasteiger partial charge on any atom is 0.0560 e. The van der Waals surface area contributed by atoms with Crippen LogP contribution in [0, 0.1) is 0 Å². The highest BCUT2D eigenvalue weighted by Crippen LogP contribution is 2.27. The first-order valence-electron chi connectivity index (χ1n) is 9.46. The summed E-state index contributed by atoms with van der Waals surface area (Å²) in [5.41, 5.74) is 4.35. The molecule has 0 aliphatic heterocycles. The zero-order valence-corrected chi connectivity index (χ0v) is 17.5. The summed E-state index contributed by atoms with van der Waals surface area (Å²) < 4.78 is 0. The van der Waals surface area contributed by atoms with E-state index in [0.717, 1.165) is 6.04 Å². The van der Waals surface area contributed by atoms with Gasteiger partial charge < -0.3 is 5.32 Å². The van der Waals surface area contributed by atoms with Gasteiger partial charge in [0.2, 0.25) is 0 Å². The molecule has 1 aliphatic rings. The Morgan fingerprint density at radius 1 is 1.10 bits per heavy atom. The monoisotopic (exact) mass is 325 g/mol. The number of nitrogens with one attached hydrogen (secondary N) is 1. The van der Waals surface area contributed by atoms with Gasteiger partial charge in [0.15, 0.2) is 0 Å². The van der Waals surface area contributed by atoms with Crippen LogP contribution in [0.25, 0.3) is 0 Å². The van der Waals surface area contributed by atoms with Gasteiger partial charge in [-0.1, -0.05) is 63.4 Å². The fourth-order valence-corrected chi connectivity index (χ4v) is 19.1. The fraction of sp³-hybridized carbons (Fsp3) is 0.889. The topological polar surface area (TPSA) is 12.0 Å². The van der Waals surface area contributed by atoms with Gasteiger partial charge in [-0.2, -0.15) is 0 Å². The Labute approximate surface area is 136 Å². The maximum absolute atomic E-state index is 3.81. The minimum Gasteiger partial charge on any atom is -0.314 e. The molecule has 1 nitrogen and oxygen atoms in total. The summed E-state index contributed by atoms with van der Waals surface area (Å²) in [5.74, 6) is 0. The Bertz CT molecular complexity index is 292. The van der Waals surface area contributed by atoms with E-state index in [0.29, 0.717) is 0 Å². The van der Waals surface area contributed by atoms with Gasteiger partial charge in [0.05, 0.1) is 8.31 Å². The Morgan fingerprint density at radius 3 is 2.14 bits per heavy atom. The molecule has 1 fully saturated rings. The van der Waals surface area contributed by atoms with Gasteiger partial charge >= 0.3 is 0 Å². The lowest BCUT2D eigenvalue weighted by atomic mass is 10.2. The molecule has 1 unspecified atom stereocenters. The third kappa shape index (κ3) is 6.03. The van der Waals surface area contributed by atoms with Gasteiger partial charge in [0, 0.05) is 13.6 Å². The zero-order valence-electron chi connectivity index (χ0n) is 15.3. The zero-order chi connectivity index (χ0) is 15.7. The summed E-state index contributed by atoms with van der Waals surface area (Å²) in [5, 5.41) is 3.81. The van der Waals surface area contributed by atoms with Crippen molar-refractivity contribution in [3.05, 3.63) is 11.3 Å². The lowest BCUT2D eigenvalue weighted by molar-refractivity contribution is 0.523. The van der Waals surface area contributed by atoms with E-state index in [4.69, 9.17) is 0 Å². The highest BCUT2D eigenvalue weighted by molar-refractivity contribution is 7.35. The molecule has 3 heteroatoms. The van der Waals surface area contributed by atoms with E-state index in [1.807, 2.05) is 0 Å². The second kappa shape index (κ2) is 10.0. The molecule has 1 aliphatic carbocycles. The fourth-order valence-electron chi connectivity index (χ4n) is 4.26. The third-order valence-corrected chi connectivity index (χ3v) is 23.6. The Balaban J connectivity index is 2.51. The molecule has 1 rings (SSSR count). The summed E-state index contributed by atoms with van der Waals surface area (Å²) in [6.45, 7) is 13.3. The number of rotatable bonds is 10. The van der Waals surface area contributed by atoms with Crippen molar-refractivity contribution in [2.75, 3.05) is 6.54 Å². The molecule has 0 heterocycles. The van der Waals surface area contributed by atoms with Crippen LogP contribution in [0.15, 0.2) is 11.3 Å². The van der Waals surface area contributed by atoms with Gasteiger partial charge in [0.1, 0.15) is 0 Å². The van der Waals surface area contributed by atoms with Crippen LogP contribution in [-0.4, -0.2) is 28.5 Å². The first-order chi connectivity index (χ1) is 10.1. The van der Waals surface area contributed by atoms with E-state index in [1.54, 1.807) is 11.6 Å². The maximum atomic E-state index is 3.81. The van der Waals surface area contributed by atoms with Gasteiger partial charge in [-0.25, -0.2) is 0 Å². The van der Waals surface area contributed by atoms with Gasteiger partial charge in [0.25, 0.3) is 0 Å². The molecule has 0 bridgehead atoms. The van der Waals surface area contributed by atoms with Gasteiger partial charge in [-0.15, -0.1) is 5.70 Å². The highest BCUT2D eigenvalue weighted by atomic mass is 29.2. The number of allylic oxidation sites excluding steroid dienone is 1. The van der Waals surface area contributed by atoms with Crippen molar-refractivity contribution < 1.29 is 0 Å². The first-order valence-corrected chi connectivity index (χ1v) is 15.4. The predicted molar refractivity (Wildman–Crippen MR) is 103 cm³/mol. The Morgan fingerprint density at radius 2 is 1.67 bits per heavy atom. The number of hydrogen-bond acceptors (Lipinski definition) is 1. The normalized spacial score (nSPS) is 18.0. The van der Waals surface area contributed by atoms with E-state index in [2.05, 4.69) is 45.6 Å². The summed E-state index contributed by atoms with van der Waals surface area (Å²) >= 11 is 0. The average molecular weight is 326 g/mol. The van der Waals surface area contributed by atoms with Crippen LogP contribution < -0.4 is 5.32 Å². The first kappa shape index (κ1) is 19.2. The second-order valence-corrected chi connectivity index (χ2v) is 20.2. The van der Waals surface area contributed by atoms with Crippen molar-refractivity contribution in [1.29, 1.82) is 0 Å². The molecular weight excluding hydrogens is 286 g/mol. The van der Waals surface area contributed by atoms with Crippen LogP contribution in [-0.2, 0) is 0 Å². The second-order valence-electron chi connectivity index (χ2n) is 7.35. The van der Waals surface area contributed by atoms with Crippen LogP contribution in [0.2, 0.25) is 24.2 Å². The summed E-state index contributed by atoms with van der Waals surface area (Å²) in [6, 6.07) is 6.93. The Hall–Kier alpha value is 0.134. The van der Waals surface area contributed by atoms with E-state index in [1.165, 1.54) is 56.8 Å². The van der Waals surface area contributed by atoms with Gasteiger partial charge in [-0.05, 0) is 39.7 Å². The molecule has 0 saturated heterocycles. The average Bonchev–Trinajstić information content (AvgIpc) is 2.98. The highest BCUT2D eigenvalue weighted by Gasteiger charge is 2.35. The molecule has 21 heavy (non-hydrogen) atoms. The van der Waals surface area contributed by atoms with E-state index < -0.39 is 15.9 Å². The summed E-state index contributed by atoms with van der Waals surface area (Å²) in [7, 11) is -1.63. The quantitative estimate of drug-likeness (QED) is 0.428. The standard InChI is InChI=1S/C18H39NSi2/c1-6-21(7-2,8-3)20(16-17(4)5)15-11-14-19-18-12-9-10-13-18/h16,18-20H,6-15H2,1-5H3. The predicted octanol–water partition coefficient (Wildman–Crippen LogP) is 5.23. The lowest BCUT2D eigenvalue weighted by Crippen LogP contribution is -2.49. The van der Waals surface area contributed by atoms with Crippen LogP contribution >= 0.6 is 0 Å². The molecule has 0 aromatic rings. The minimum absolute atomic E-state index is 0.671. The smallest absolute Gasteiger partial charge is 0.0560 e. The van der Waals surface area contributed by atoms with Crippen molar-refractivity contribution in [2.24, 2.45) is 0 Å². The molecule has 0 aromatic carbocycles. The Kier molecular flexibility index (Phi) is 9.14. The van der Waals surface area contributed by atoms with Crippen LogP contribution in [0.3, 0.4) is 0 Å².